The summed E-state index contributed by atoms with van der Waals surface area (Å²) in [5.41, 5.74) is 0. The second kappa shape index (κ2) is 3.40. The summed E-state index contributed by atoms with van der Waals surface area (Å²) in [4.78, 5) is 11.0. The van der Waals surface area contributed by atoms with E-state index in [0.29, 0.717) is 18.9 Å². The van der Waals surface area contributed by atoms with Gasteiger partial charge in [0.25, 0.3) is 0 Å². The third kappa shape index (κ3) is 2.23. The zero-order valence-electron chi connectivity index (χ0n) is 7.84. The number of rotatable bonds is 5. The number of hydrogen-bond donors (Lipinski definition) is 0. The van der Waals surface area contributed by atoms with Gasteiger partial charge in [-0.05, 0) is 19.3 Å². The Morgan fingerprint density at radius 3 is 3.00 bits per heavy atom. The number of carbonyl (C=O) groups is 1. The van der Waals surface area contributed by atoms with Crippen LogP contribution in [0.25, 0.3) is 0 Å². The van der Waals surface area contributed by atoms with E-state index >= 15 is 0 Å². The molecule has 0 aromatic heterocycles. The quantitative estimate of drug-likeness (QED) is 0.610. The largest absolute Gasteiger partial charge is 0.457 e. The fraction of sp³-hybridized carbons (Fsp3) is 0.700. The minimum atomic E-state index is -0.124. The van der Waals surface area contributed by atoms with Gasteiger partial charge in [-0.25, -0.2) is 0 Å². The van der Waals surface area contributed by atoms with Gasteiger partial charge in [0, 0.05) is 12.3 Å². The van der Waals surface area contributed by atoms with Crippen LogP contribution in [-0.2, 0) is 14.3 Å². The Kier molecular flexibility index (Phi) is 2.25. The summed E-state index contributed by atoms with van der Waals surface area (Å²) in [5.74, 6) is 2.51. The average Bonchev–Trinajstić information content (AvgIpc) is 2.95. The first kappa shape index (κ1) is 8.60. The summed E-state index contributed by atoms with van der Waals surface area (Å²) in [5, 5.41) is 0. The van der Waals surface area contributed by atoms with Crippen molar-refractivity contribution in [1.82, 2.24) is 0 Å². The Morgan fingerprint density at radius 2 is 2.38 bits per heavy atom. The Labute approximate surface area is 77.7 Å². The predicted octanol–water partition coefficient (Wildman–Crippen LogP) is 1.98. The fourth-order valence-electron chi connectivity index (χ4n) is 1.29. The van der Waals surface area contributed by atoms with Gasteiger partial charge in [-0.1, -0.05) is 6.92 Å². The zero-order valence-corrected chi connectivity index (χ0v) is 7.84. The number of carbonyl (C=O) groups excluding carboxylic acids is 1. The molecule has 0 bridgehead atoms. The van der Waals surface area contributed by atoms with Crippen molar-refractivity contribution in [2.75, 3.05) is 6.61 Å². The van der Waals surface area contributed by atoms with Gasteiger partial charge in [-0.2, -0.15) is 0 Å². The number of hydrogen-bond acceptors (Lipinski definition) is 3. The van der Waals surface area contributed by atoms with E-state index in [2.05, 4.69) is 0 Å². The van der Waals surface area contributed by atoms with Crippen LogP contribution in [0.2, 0.25) is 0 Å². The highest BCUT2D eigenvalue weighted by molar-refractivity contribution is 5.69. The van der Waals surface area contributed by atoms with Gasteiger partial charge in [0.15, 0.2) is 12.4 Å². The van der Waals surface area contributed by atoms with E-state index in [1.807, 2.05) is 6.92 Å². The molecule has 2 rings (SSSR count). The highest BCUT2D eigenvalue weighted by Gasteiger charge is 2.40. The molecule has 1 aliphatic heterocycles. The Balaban J connectivity index is 1.66. The molecule has 13 heavy (non-hydrogen) atoms. The van der Waals surface area contributed by atoms with Gasteiger partial charge in [0.2, 0.25) is 0 Å². The lowest BCUT2D eigenvalue weighted by Gasteiger charge is -1.97. The molecule has 1 fully saturated rings. The molecule has 0 aromatic carbocycles. The summed E-state index contributed by atoms with van der Waals surface area (Å²) in [7, 11) is 0. The molecule has 0 aromatic rings. The van der Waals surface area contributed by atoms with Crippen LogP contribution >= 0.6 is 0 Å². The van der Waals surface area contributed by atoms with Crippen molar-refractivity contribution in [2.45, 2.75) is 32.6 Å². The fourth-order valence-corrected chi connectivity index (χ4v) is 1.29. The zero-order chi connectivity index (χ0) is 9.26. The summed E-state index contributed by atoms with van der Waals surface area (Å²) in [6, 6.07) is 0. The number of ether oxygens (including phenoxy) is 2. The SMILES string of the molecule is CCCC(=O)OCC1=C(C2CC2)O1. The third-order valence-corrected chi connectivity index (χ3v) is 2.23. The van der Waals surface area contributed by atoms with Crippen LogP contribution in [0.4, 0.5) is 0 Å². The van der Waals surface area contributed by atoms with Crippen LogP contribution in [0.3, 0.4) is 0 Å². The Bertz CT molecular complexity index is 251. The van der Waals surface area contributed by atoms with Gasteiger partial charge < -0.3 is 9.47 Å². The third-order valence-electron chi connectivity index (χ3n) is 2.23. The van der Waals surface area contributed by atoms with E-state index in [9.17, 15) is 4.79 Å². The minimum Gasteiger partial charge on any atom is -0.457 e. The standard InChI is InChI=1S/C10H14O3/c1-2-3-9(11)12-6-8-10(13-8)7-4-5-7/h7H,2-6H2,1H3. The van der Waals surface area contributed by atoms with E-state index < -0.39 is 0 Å². The molecule has 1 saturated carbocycles. The van der Waals surface area contributed by atoms with Gasteiger partial charge in [-0.15, -0.1) is 0 Å². The van der Waals surface area contributed by atoms with E-state index in [-0.39, 0.29) is 5.97 Å². The summed E-state index contributed by atoms with van der Waals surface area (Å²) in [6.45, 7) is 2.31. The van der Waals surface area contributed by atoms with E-state index in [4.69, 9.17) is 9.47 Å². The lowest BCUT2D eigenvalue weighted by atomic mass is 10.3. The van der Waals surface area contributed by atoms with Crippen molar-refractivity contribution >= 4 is 5.97 Å². The van der Waals surface area contributed by atoms with Crippen molar-refractivity contribution in [3.8, 4) is 0 Å². The minimum absolute atomic E-state index is 0.124. The molecule has 2 aliphatic rings. The summed E-state index contributed by atoms with van der Waals surface area (Å²) >= 11 is 0. The van der Waals surface area contributed by atoms with Crippen LogP contribution < -0.4 is 0 Å². The summed E-state index contributed by atoms with van der Waals surface area (Å²) < 4.78 is 10.2. The van der Waals surface area contributed by atoms with Crippen LogP contribution in [-0.4, -0.2) is 12.6 Å². The molecule has 3 heteroatoms. The maximum atomic E-state index is 11.0. The molecule has 0 atom stereocenters. The van der Waals surface area contributed by atoms with Crippen molar-refractivity contribution in [3.05, 3.63) is 11.5 Å². The van der Waals surface area contributed by atoms with Gasteiger partial charge in [0.1, 0.15) is 5.76 Å². The van der Waals surface area contributed by atoms with Gasteiger partial charge in [-0.3, -0.25) is 4.79 Å². The van der Waals surface area contributed by atoms with Gasteiger partial charge in [0.05, 0.1) is 0 Å². The molecule has 72 valence electrons. The Hall–Kier alpha value is -0.990. The molecule has 0 amide bonds. The molecule has 0 saturated heterocycles. The van der Waals surface area contributed by atoms with Crippen molar-refractivity contribution in [1.29, 1.82) is 0 Å². The van der Waals surface area contributed by atoms with Gasteiger partial charge >= 0.3 is 5.97 Å². The summed E-state index contributed by atoms with van der Waals surface area (Å²) in [6.07, 6.45) is 3.82. The second-order valence-electron chi connectivity index (χ2n) is 3.57. The molecule has 0 unspecified atom stereocenters. The maximum Gasteiger partial charge on any atom is 0.306 e. The van der Waals surface area contributed by atoms with Crippen LogP contribution in [0.1, 0.15) is 32.6 Å². The monoisotopic (exact) mass is 182 g/mol. The first-order valence-corrected chi connectivity index (χ1v) is 4.87. The molecule has 0 spiro atoms. The van der Waals surface area contributed by atoms with Crippen molar-refractivity contribution in [3.63, 3.8) is 0 Å². The van der Waals surface area contributed by atoms with Crippen LogP contribution in [0.15, 0.2) is 11.5 Å². The average molecular weight is 182 g/mol. The van der Waals surface area contributed by atoms with E-state index in [1.54, 1.807) is 0 Å². The van der Waals surface area contributed by atoms with E-state index in [1.165, 1.54) is 12.8 Å². The Morgan fingerprint density at radius 1 is 1.62 bits per heavy atom. The highest BCUT2D eigenvalue weighted by Crippen LogP contribution is 2.46. The van der Waals surface area contributed by atoms with Crippen molar-refractivity contribution < 1.29 is 14.3 Å². The maximum absolute atomic E-state index is 11.0. The lowest BCUT2D eigenvalue weighted by Crippen LogP contribution is -2.04. The normalized spacial score (nSPS) is 19.8. The molecular formula is C10H14O3. The van der Waals surface area contributed by atoms with Crippen molar-refractivity contribution in [2.24, 2.45) is 5.92 Å². The van der Waals surface area contributed by atoms with E-state index in [0.717, 1.165) is 17.9 Å². The molecular weight excluding hydrogens is 168 g/mol. The topological polar surface area (TPSA) is 38.8 Å². The highest BCUT2D eigenvalue weighted by atomic mass is 16.6. The molecule has 0 radical (unpaired) electrons. The number of allylic oxidation sites excluding steroid dienone is 1. The second-order valence-corrected chi connectivity index (χ2v) is 3.57. The molecule has 1 heterocycles. The number of esters is 1. The molecule has 1 aliphatic carbocycles. The first-order chi connectivity index (χ1) is 6.31. The first-order valence-electron chi connectivity index (χ1n) is 4.87. The molecule has 3 nitrogen and oxygen atoms in total. The smallest absolute Gasteiger partial charge is 0.306 e. The van der Waals surface area contributed by atoms with Crippen LogP contribution in [0, 0.1) is 5.92 Å². The van der Waals surface area contributed by atoms with Crippen LogP contribution in [0.5, 0.6) is 0 Å². The molecule has 0 N–H and O–H groups in total. The predicted molar refractivity (Wildman–Crippen MR) is 46.7 cm³/mol. The lowest BCUT2D eigenvalue weighted by molar-refractivity contribution is -0.142.